The molecule has 0 saturated carbocycles. The molecule has 0 aliphatic carbocycles. The Kier molecular flexibility index (Phi) is 9.84. The van der Waals surface area contributed by atoms with E-state index in [0.717, 1.165) is 32.2 Å². The minimum absolute atomic E-state index is 0. The fourth-order valence-electron chi connectivity index (χ4n) is 2.80. The zero-order valence-corrected chi connectivity index (χ0v) is 14.7. The van der Waals surface area contributed by atoms with Crippen molar-refractivity contribution in [3.63, 3.8) is 0 Å². The zero-order chi connectivity index (χ0) is 16.1. The van der Waals surface area contributed by atoms with E-state index in [1.165, 1.54) is 6.07 Å². The number of halogens is 3. The highest BCUT2D eigenvalue weighted by atomic mass is 35.5. The predicted octanol–water partition coefficient (Wildman–Crippen LogP) is 3.20. The average molecular weight is 382 g/mol. The number of nitrogens with one attached hydrogen (secondary N) is 1. The normalized spacial score (nSPS) is 15.7. The van der Waals surface area contributed by atoms with Crippen molar-refractivity contribution in [1.82, 2.24) is 10.2 Å². The molecule has 1 aliphatic heterocycles. The third-order valence-electron chi connectivity index (χ3n) is 3.88. The van der Waals surface area contributed by atoms with Gasteiger partial charge in [0.25, 0.3) is 0 Å². The third kappa shape index (κ3) is 5.31. The fraction of sp³-hybridized carbons (Fsp3) is 0.467. The fourth-order valence-corrected chi connectivity index (χ4v) is 2.80. The number of phenols is 1. The molecular formula is C15H22Cl2FN3O3. The van der Waals surface area contributed by atoms with Crippen molar-refractivity contribution in [2.75, 3.05) is 26.2 Å². The number of piperazine rings is 1. The van der Waals surface area contributed by atoms with Gasteiger partial charge in [-0.2, -0.15) is 0 Å². The number of nitrogens with zero attached hydrogens (tertiary/aromatic N) is 2. The minimum Gasteiger partial charge on any atom is -0.502 e. The van der Waals surface area contributed by atoms with Gasteiger partial charge in [-0.15, -0.1) is 31.4 Å². The van der Waals surface area contributed by atoms with Crippen LogP contribution in [-0.2, 0) is 0 Å². The molecule has 1 aromatic carbocycles. The summed E-state index contributed by atoms with van der Waals surface area (Å²) in [6, 6.07) is 1.67. The lowest BCUT2D eigenvalue weighted by atomic mass is 9.97. The molecule has 1 saturated heterocycles. The maximum atomic E-state index is 13.8. The Morgan fingerprint density at radius 2 is 2.04 bits per heavy atom. The highest BCUT2D eigenvalue weighted by Crippen LogP contribution is 2.39. The van der Waals surface area contributed by atoms with Crippen LogP contribution in [0.1, 0.15) is 24.4 Å². The Morgan fingerprint density at radius 3 is 2.58 bits per heavy atom. The van der Waals surface area contributed by atoms with Crippen molar-refractivity contribution >= 4 is 30.5 Å². The average Bonchev–Trinajstić information content (AvgIpc) is 2.51. The summed E-state index contributed by atoms with van der Waals surface area (Å²) in [6.45, 7) is 6.75. The monoisotopic (exact) mass is 381 g/mol. The molecule has 0 spiro atoms. The summed E-state index contributed by atoms with van der Waals surface area (Å²) in [5.41, 5.74) is -0.316. The Balaban J connectivity index is 0.00000264. The smallest absolute Gasteiger partial charge is 0.313 e. The molecule has 1 aromatic rings. The van der Waals surface area contributed by atoms with Crippen molar-refractivity contribution in [2.24, 2.45) is 0 Å². The van der Waals surface area contributed by atoms with Crippen molar-refractivity contribution < 1.29 is 14.4 Å². The van der Waals surface area contributed by atoms with Crippen LogP contribution in [0.4, 0.5) is 10.1 Å². The molecule has 0 aromatic heterocycles. The van der Waals surface area contributed by atoms with Crippen LogP contribution in [0.3, 0.4) is 0 Å². The van der Waals surface area contributed by atoms with Crippen LogP contribution in [0.25, 0.3) is 0 Å². The van der Waals surface area contributed by atoms with E-state index in [1.54, 1.807) is 6.08 Å². The van der Waals surface area contributed by atoms with Gasteiger partial charge in [0.1, 0.15) is 5.82 Å². The van der Waals surface area contributed by atoms with Crippen LogP contribution < -0.4 is 5.32 Å². The lowest BCUT2D eigenvalue weighted by Crippen LogP contribution is -2.45. The molecular weight excluding hydrogens is 360 g/mol. The lowest BCUT2D eigenvalue weighted by molar-refractivity contribution is -0.386. The van der Waals surface area contributed by atoms with E-state index >= 15 is 0 Å². The topological polar surface area (TPSA) is 78.6 Å². The number of hydrogen-bond acceptors (Lipinski definition) is 5. The third-order valence-corrected chi connectivity index (χ3v) is 3.88. The summed E-state index contributed by atoms with van der Waals surface area (Å²) in [6.07, 6.45) is 3.05. The van der Waals surface area contributed by atoms with Gasteiger partial charge in [-0.3, -0.25) is 15.0 Å². The SMILES string of the molecule is C=CCC[C@H](c1cc(F)cc([N+](=O)[O-])c1O)N1CCNCC1.Cl.Cl. The second-order valence-electron chi connectivity index (χ2n) is 5.29. The molecule has 0 unspecified atom stereocenters. The molecule has 136 valence electrons. The molecule has 9 heteroatoms. The van der Waals surface area contributed by atoms with E-state index < -0.39 is 22.2 Å². The van der Waals surface area contributed by atoms with Gasteiger partial charge in [0.2, 0.25) is 0 Å². The molecule has 0 bridgehead atoms. The highest BCUT2D eigenvalue weighted by Gasteiger charge is 2.28. The van der Waals surface area contributed by atoms with E-state index in [1.807, 2.05) is 0 Å². The molecule has 1 heterocycles. The van der Waals surface area contributed by atoms with E-state index in [0.29, 0.717) is 12.8 Å². The van der Waals surface area contributed by atoms with Gasteiger partial charge in [-0.25, -0.2) is 4.39 Å². The summed E-state index contributed by atoms with van der Waals surface area (Å²) in [5.74, 6) is -1.16. The maximum Gasteiger partial charge on any atom is 0.313 e. The molecule has 24 heavy (non-hydrogen) atoms. The van der Waals surface area contributed by atoms with E-state index in [-0.39, 0.29) is 36.4 Å². The standard InChI is InChI=1S/C15H20FN3O3.2ClH/c1-2-3-4-13(18-7-5-17-6-8-18)12-9-11(16)10-14(15(12)20)19(21)22;;/h2,9-10,13,17,20H,1,3-8H2;2*1H/t13-;;/m1../s1. The Hall–Kier alpha value is -1.41. The van der Waals surface area contributed by atoms with Gasteiger partial charge in [-0.05, 0) is 18.9 Å². The van der Waals surface area contributed by atoms with Crippen molar-refractivity contribution in [1.29, 1.82) is 0 Å². The highest BCUT2D eigenvalue weighted by molar-refractivity contribution is 5.85. The molecule has 6 nitrogen and oxygen atoms in total. The summed E-state index contributed by atoms with van der Waals surface area (Å²) in [7, 11) is 0. The van der Waals surface area contributed by atoms with Crippen LogP contribution >= 0.6 is 24.8 Å². The Morgan fingerprint density at radius 1 is 1.42 bits per heavy atom. The molecule has 1 fully saturated rings. The molecule has 2 rings (SSSR count). The molecule has 0 amide bonds. The number of nitro groups is 1. The number of phenolic OH excluding ortho intramolecular Hbond substituents is 1. The molecule has 1 atom stereocenters. The maximum absolute atomic E-state index is 13.8. The van der Waals surface area contributed by atoms with Crippen LogP contribution in [0.15, 0.2) is 24.8 Å². The second kappa shape index (κ2) is 10.5. The first-order chi connectivity index (χ1) is 10.5. The van der Waals surface area contributed by atoms with Gasteiger partial charge in [0, 0.05) is 37.8 Å². The van der Waals surface area contributed by atoms with Gasteiger partial charge < -0.3 is 10.4 Å². The predicted molar refractivity (Wildman–Crippen MR) is 95.8 cm³/mol. The van der Waals surface area contributed by atoms with Gasteiger partial charge in [0.15, 0.2) is 5.75 Å². The van der Waals surface area contributed by atoms with Crippen LogP contribution in [-0.4, -0.2) is 41.1 Å². The minimum atomic E-state index is -0.760. The van der Waals surface area contributed by atoms with Gasteiger partial charge >= 0.3 is 5.69 Å². The summed E-state index contributed by atoms with van der Waals surface area (Å²) < 4.78 is 13.8. The summed E-state index contributed by atoms with van der Waals surface area (Å²) >= 11 is 0. The number of nitro benzene ring substituents is 1. The molecule has 1 aliphatic rings. The van der Waals surface area contributed by atoms with E-state index in [9.17, 15) is 19.6 Å². The van der Waals surface area contributed by atoms with Crippen LogP contribution in [0, 0.1) is 15.9 Å². The molecule has 0 radical (unpaired) electrons. The first-order valence-electron chi connectivity index (χ1n) is 7.27. The number of hydrogen-bond donors (Lipinski definition) is 2. The van der Waals surface area contributed by atoms with Crippen molar-refractivity contribution in [3.8, 4) is 5.75 Å². The van der Waals surface area contributed by atoms with Gasteiger partial charge in [-0.1, -0.05) is 6.08 Å². The van der Waals surface area contributed by atoms with Crippen LogP contribution in [0.5, 0.6) is 5.75 Å². The number of allylic oxidation sites excluding steroid dienone is 1. The lowest BCUT2D eigenvalue weighted by Gasteiger charge is -2.35. The summed E-state index contributed by atoms with van der Waals surface area (Å²) in [5, 5.41) is 24.4. The Bertz CT molecular complexity index is 569. The van der Waals surface area contributed by atoms with E-state index in [2.05, 4.69) is 16.8 Å². The largest absolute Gasteiger partial charge is 0.502 e. The quantitative estimate of drug-likeness (QED) is 0.449. The van der Waals surface area contributed by atoms with Crippen molar-refractivity contribution in [3.05, 3.63) is 46.3 Å². The molecule has 2 N–H and O–H groups in total. The Labute approximate surface area is 152 Å². The number of aromatic hydroxyl groups is 1. The number of rotatable bonds is 6. The number of benzene rings is 1. The van der Waals surface area contributed by atoms with Crippen LogP contribution in [0.2, 0.25) is 0 Å². The summed E-state index contributed by atoms with van der Waals surface area (Å²) in [4.78, 5) is 12.3. The second-order valence-corrected chi connectivity index (χ2v) is 5.29. The first kappa shape index (κ1) is 22.6. The van der Waals surface area contributed by atoms with Crippen molar-refractivity contribution in [2.45, 2.75) is 18.9 Å². The first-order valence-corrected chi connectivity index (χ1v) is 7.27. The van der Waals surface area contributed by atoms with E-state index in [4.69, 9.17) is 0 Å². The van der Waals surface area contributed by atoms with Gasteiger partial charge in [0.05, 0.1) is 11.0 Å². The zero-order valence-electron chi connectivity index (χ0n) is 13.1.